The number of benzene rings is 1. The van der Waals surface area contributed by atoms with Gasteiger partial charge in [0, 0.05) is 37.7 Å². The molecule has 1 N–H and O–H groups in total. The molecule has 0 atom stereocenters. The van der Waals surface area contributed by atoms with Gasteiger partial charge in [0.25, 0.3) is 0 Å². The molecule has 0 saturated carbocycles. The fourth-order valence-corrected chi connectivity index (χ4v) is 3.41. The fraction of sp³-hybridized carbons (Fsp3) is 0.400. The van der Waals surface area contributed by atoms with Gasteiger partial charge < -0.3 is 10.2 Å². The van der Waals surface area contributed by atoms with E-state index >= 15 is 0 Å². The van der Waals surface area contributed by atoms with Crippen LogP contribution in [0.5, 0.6) is 0 Å². The van der Waals surface area contributed by atoms with Gasteiger partial charge in [0.05, 0.1) is 0 Å². The highest BCUT2D eigenvalue weighted by atomic mass is 19.2. The summed E-state index contributed by atoms with van der Waals surface area (Å²) in [7, 11) is 0. The van der Waals surface area contributed by atoms with Crippen LogP contribution in [-0.4, -0.2) is 38.8 Å². The Morgan fingerprint density at radius 3 is 2.69 bits per heavy atom. The van der Waals surface area contributed by atoms with Crippen molar-refractivity contribution < 1.29 is 13.6 Å². The third kappa shape index (κ3) is 4.33. The lowest BCUT2D eigenvalue weighted by Gasteiger charge is -2.30. The normalized spacial score (nSPS) is 15.1. The maximum absolute atomic E-state index is 13.3. The number of amides is 1. The van der Waals surface area contributed by atoms with E-state index in [1.54, 1.807) is 4.52 Å². The number of hydrogen-bond acceptors (Lipinski definition) is 5. The third-order valence-corrected chi connectivity index (χ3v) is 5.20. The first-order valence-electron chi connectivity index (χ1n) is 9.71. The lowest BCUT2D eigenvalue weighted by Crippen LogP contribution is -2.33. The number of carbonyl (C=O) groups excluding carboxylic acids is 1. The lowest BCUT2D eigenvalue weighted by molar-refractivity contribution is -0.116. The third-order valence-electron chi connectivity index (χ3n) is 5.20. The monoisotopic (exact) mass is 400 g/mol. The molecule has 0 spiro atoms. The van der Waals surface area contributed by atoms with Crippen LogP contribution >= 0.6 is 0 Å². The van der Waals surface area contributed by atoms with Gasteiger partial charge in [-0.2, -0.15) is 4.52 Å². The van der Waals surface area contributed by atoms with Gasteiger partial charge in [-0.05, 0) is 43.0 Å². The predicted molar refractivity (Wildman–Crippen MR) is 105 cm³/mol. The summed E-state index contributed by atoms with van der Waals surface area (Å²) in [6.07, 6.45) is 2.72. The number of nitrogens with one attached hydrogen (secondary N) is 1. The first-order valence-corrected chi connectivity index (χ1v) is 9.71. The van der Waals surface area contributed by atoms with Crippen molar-refractivity contribution in [2.45, 2.75) is 32.6 Å². The van der Waals surface area contributed by atoms with Crippen LogP contribution in [0.25, 0.3) is 5.65 Å². The number of rotatable bonds is 5. The molecular formula is C20H22F2N6O. The van der Waals surface area contributed by atoms with Gasteiger partial charge in [-0.1, -0.05) is 6.92 Å². The molecule has 1 aliphatic rings. The summed E-state index contributed by atoms with van der Waals surface area (Å²) in [4.78, 5) is 14.4. The van der Waals surface area contributed by atoms with E-state index < -0.39 is 11.6 Å². The second-order valence-electron chi connectivity index (χ2n) is 7.42. The molecule has 9 heteroatoms. The van der Waals surface area contributed by atoms with Crippen LogP contribution < -0.4 is 10.2 Å². The molecule has 1 aromatic carbocycles. The first kappa shape index (κ1) is 19.2. The SMILES string of the molecule is CC1CCN(c2ccc3nnc(CCC(=O)Nc4ccc(F)c(F)c4)n3n2)CC1. The number of aryl methyl sites for hydroxylation is 1. The maximum Gasteiger partial charge on any atom is 0.224 e. The molecular weight excluding hydrogens is 378 g/mol. The minimum Gasteiger partial charge on any atom is -0.355 e. The van der Waals surface area contributed by atoms with Crippen LogP contribution in [0, 0.1) is 17.6 Å². The van der Waals surface area contributed by atoms with Crippen LogP contribution in [0.3, 0.4) is 0 Å². The van der Waals surface area contributed by atoms with Crippen molar-refractivity contribution in [1.82, 2.24) is 19.8 Å². The molecule has 7 nitrogen and oxygen atoms in total. The Bertz CT molecular complexity index is 1030. The molecule has 0 unspecified atom stereocenters. The summed E-state index contributed by atoms with van der Waals surface area (Å²) < 4.78 is 27.9. The van der Waals surface area contributed by atoms with E-state index in [4.69, 9.17) is 0 Å². The van der Waals surface area contributed by atoms with Crippen LogP contribution in [0.1, 0.15) is 32.0 Å². The topological polar surface area (TPSA) is 75.4 Å². The molecule has 3 aromatic rings. The Morgan fingerprint density at radius 2 is 1.93 bits per heavy atom. The molecule has 4 rings (SSSR count). The van der Waals surface area contributed by atoms with Crippen molar-refractivity contribution in [1.29, 1.82) is 0 Å². The summed E-state index contributed by atoms with van der Waals surface area (Å²) in [5.74, 6) is -0.107. The molecule has 3 heterocycles. The van der Waals surface area contributed by atoms with Crippen molar-refractivity contribution >= 4 is 23.1 Å². The standard InChI is InChI=1S/C20H22F2N6O/c1-13-8-10-27(11-9-13)19-5-4-17-24-25-18(28(17)26-19)6-7-20(29)23-14-2-3-15(21)16(22)12-14/h2-5,12-13H,6-11H2,1H3,(H,23,29). The van der Waals surface area contributed by atoms with Crippen LogP contribution in [0.4, 0.5) is 20.3 Å². The second kappa shape index (κ2) is 8.10. The van der Waals surface area contributed by atoms with Gasteiger partial charge in [-0.3, -0.25) is 4.79 Å². The zero-order valence-electron chi connectivity index (χ0n) is 16.1. The van der Waals surface area contributed by atoms with Crippen molar-refractivity contribution in [3.05, 3.63) is 47.8 Å². The minimum absolute atomic E-state index is 0.118. The molecule has 0 bridgehead atoms. The average Bonchev–Trinajstić information content (AvgIpc) is 3.12. The smallest absolute Gasteiger partial charge is 0.224 e. The van der Waals surface area contributed by atoms with E-state index in [0.29, 0.717) is 17.9 Å². The number of anilines is 2. The van der Waals surface area contributed by atoms with E-state index in [0.717, 1.165) is 49.8 Å². The highest BCUT2D eigenvalue weighted by Gasteiger charge is 2.18. The molecule has 2 aromatic heterocycles. The highest BCUT2D eigenvalue weighted by molar-refractivity contribution is 5.90. The van der Waals surface area contributed by atoms with Crippen molar-refractivity contribution in [3.8, 4) is 0 Å². The van der Waals surface area contributed by atoms with Gasteiger partial charge >= 0.3 is 0 Å². The molecule has 1 saturated heterocycles. The molecule has 0 radical (unpaired) electrons. The summed E-state index contributed by atoms with van der Waals surface area (Å²) in [6.45, 7) is 4.19. The van der Waals surface area contributed by atoms with Crippen molar-refractivity contribution in [2.24, 2.45) is 5.92 Å². The Kier molecular flexibility index (Phi) is 5.37. The van der Waals surface area contributed by atoms with Crippen LogP contribution in [0.2, 0.25) is 0 Å². The highest BCUT2D eigenvalue weighted by Crippen LogP contribution is 2.21. The Balaban J connectivity index is 1.43. The quantitative estimate of drug-likeness (QED) is 0.712. The van der Waals surface area contributed by atoms with E-state index in [1.807, 2.05) is 12.1 Å². The Morgan fingerprint density at radius 1 is 1.14 bits per heavy atom. The Hall–Kier alpha value is -3.10. The zero-order chi connectivity index (χ0) is 20.4. The average molecular weight is 400 g/mol. The summed E-state index contributed by atoms with van der Waals surface area (Å²) in [5, 5.41) is 15.5. The summed E-state index contributed by atoms with van der Waals surface area (Å²) >= 11 is 0. The molecule has 152 valence electrons. The van der Waals surface area contributed by atoms with Crippen LogP contribution in [-0.2, 0) is 11.2 Å². The van der Waals surface area contributed by atoms with Gasteiger partial charge in [0.1, 0.15) is 5.82 Å². The van der Waals surface area contributed by atoms with Crippen molar-refractivity contribution in [2.75, 3.05) is 23.3 Å². The number of carbonyl (C=O) groups is 1. The van der Waals surface area contributed by atoms with Gasteiger partial charge in [0.15, 0.2) is 23.1 Å². The van der Waals surface area contributed by atoms with Gasteiger partial charge in [-0.15, -0.1) is 15.3 Å². The number of halogens is 2. The van der Waals surface area contributed by atoms with E-state index in [1.165, 1.54) is 6.07 Å². The molecule has 1 amide bonds. The van der Waals surface area contributed by atoms with Crippen molar-refractivity contribution in [3.63, 3.8) is 0 Å². The molecule has 1 aliphatic heterocycles. The summed E-state index contributed by atoms with van der Waals surface area (Å²) in [5.41, 5.74) is 0.829. The van der Waals surface area contributed by atoms with Gasteiger partial charge in [-0.25, -0.2) is 8.78 Å². The van der Waals surface area contributed by atoms with Gasteiger partial charge in [0.2, 0.25) is 5.91 Å². The lowest BCUT2D eigenvalue weighted by atomic mass is 9.99. The minimum atomic E-state index is -1.00. The van der Waals surface area contributed by atoms with Crippen LogP contribution in [0.15, 0.2) is 30.3 Å². The number of piperidine rings is 1. The fourth-order valence-electron chi connectivity index (χ4n) is 3.41. The second-order valence-corrected chi connectivity index (χ2v) is 7.42. The zero-order valence-corrected chi connectivity index (χ0v) is 16.1. The maximum atomic E-state index is 13.3. The number of fused-ring (bicyclic) bond motifs is 1. The predicted octanol–water partition coefficient (Wildman–Crippen LogP) is 3.21. The molecule has 1 fully saturated rings. The first-order chi connectivity index (χ1) is 14.0. The molecule has 0 aliphatic carbocycles. The number of aromatic nitrogens is 4. The largest absolute Gasteiger partial charge is 0.355 e. The van der Waals surface area contributed by atoms with E-state index in [2.05, 4.69) is 32.4 Å². The van der Waals surface area contributed by atoms with E-state index in [9.17, 15) is 13.6 Å². The number of hydrogen-bond donors (Lipinski definition) is 1. The Labute approximate surface area is 166 Å². The summed E-state index contributed by atoms with van der Waals surface area (Å²) in [6, 6.07) is 7.06. The number of nitrogens with zero attached hydrogens (tertiary/aromatic N) is 5. The molecule has 29 heavy (non-hydrogen) atoms. The van der Waals surface area contributed by atoms with E-state index in [-0.39, 0.29) is 18.0 Å².